The summed E-state index contributed by atoms with van der Waals surface area (Å²) in [7, 11) is 0. The monoisotopic (exact) mass is 326 g/mol. The highest BCUT2D eigenvalue weighted by molar-refractivity contribution is 5.77. The molecule has 0 radical (unpaired) electrons. The van der Waals surface area contributed by atoms with Gasteiger partial charge in [0.15, 0.2) is 0 Å². The van der Waals surface area contributed by atoms with Crippen molar-refractivity contribution < 1.29 is 14.6 Å². The van der Waals surface area contributed by atoms with Crippen LogP contribution >= 0.6 is 0 Å². The van der Waals surface area contributed by atoms with Crippen molar-refractivity contribution in [1.29, 1.82) is 5.26 Å². The van der Waals surface area contributed by atoms with E-state index in [4.69, 9.17) is 15.9 Å². The molecule has 0 unspecified atom stereocenters. The number of hydroxylamine groups is 1. The summed E-state index contributed by atoms with van der Waals surface area (Å²) in [6.07, 6.45) is -0.183. The average molecular weight is 326 g/mol. The first-order valence-corrected chi connectivity index (χ1v) is 6.93. The fraction of sp³-hybridized carbons (Fsp3) is 0.125. The van der Waals surface area contributed by atoms with Gasteiger partial charge in [0, 0.05) is 6.07 Å². The molecular formula is C16H14N4O4. The number of rotatable bonds is 6. The summed E-state index contributed by atoms with van der Waals surface area (Å²) in [5.41, 5.74) is 0.789. The molecule has 0 aliphatic carbocycles. The molecule has 8 heteroatoms. The highest BCUT2D eigenvalue weighted by Gasteiger charge is 2.17. The van der Waals surface area contributed by atoms with Crippen molar-refractivity contribution in [2.45, 2.75) is 13.0 Å². The summed E-state index contributed by atoms with van der Waals surface area (Å²) in [5.74, 6) is 4.98. The summed E-state index contributed by atoms with van der Waals surface area (Å²) in [6, 6.07) is 14.8. The maximum Gasteiger partial charge on any atom is 0.287 e. The molecule has 8 nitrogen and oxygen atoms in total. The van der Waals surface area contributed by atoms with Crippen molar-refractivity contribution in [3.8, 4) is 6.07 Å². The maximum absolute atomic E-state index is 12.0. The Bertz CT molecular complexity index is 786. The topological polar surface area (TPSA) is 122 Å². The molecule has 0 saturated carbocycles. The number of nitrogens with two attached hydrogens (primary N) is 1. The fourth-order valence-electron chi connectivity index (χ4n) is 1.98. The zero-order chi connectivity index (χ0) is 17.5. The van der Waals surface area contributed by atoms with Crippen LogP contribution in [0.25, 0.3) is 0 Å². The normalized spacial score (nSPS) is 10.0. The van der Waals surface area contributed by atoms with Gasteiger partial charge in [0.05, 0.1) is 11.3 Å². The third-order valence-corrected chi connectivity index (χ3v) is 3.19. The van der Waals surface area contributed by atoms with E-state index in [-0.39, 0.29) is 24.3 Å². The van der Waals surface area contributed by atoms with Crippen molar-refractivity contribution in [3.63, 3.8) is 0 Å². The molecule has 0 aromatic heterocycles. The van der Waals surface area contributed by atoms with Gasteiger partial charge in [0.25, 0.3) is 11.6 Å². The lowest BCUT2D eigenvalue weighted by Gasteiger charge is -2.16. The van der Waals surface area contributed by atoms with Gasteiger partial charge in [-0.25, -0.2) is 5.84 Å². The smallest absolute Gasteiger partial charge is 0.271 e. The fourth-order valence-corrected chi connectivity index (χ4v) is 1.98. The van der Waals surface area contributed by atoms with E-state index in [0.717, 1.165) is 5.56 Å². The molecule has 24 heavy (non-hydrogen) atoms. The summed E-state index contributed by atoms with van der Waals surface area (Å²) in [6.45, 7) is 0.122. The maximum atomic E-state index is 12.0. The second-order valence-electron chi connectivity index (χ2n) is 4.88. The number of amides is 1. The molecule has 0 aliphatic heterocycles. The molecule has 0 spiro atoms. The van der Waals surface area contributed by atoms with Crippen molar-refractivity contribution in [1.82, 2.24) is 5.17 Å². The standard InChI is InChI=1S/C16H14N4O4/c17-10-14-7-6-13(8-15(14)20(22)23)9-16(21)19(18)24-11-12-4-2-1-3-5-12/h1-8H,9,11,18H2. The van der Waals surface area contributed by atoms with Crippen LogP contribution in [0.3, 0.4) is 0 Å². The Morgan fingerprint density at radius 1 is 1.25 bits per heavy atom. The Morgan fingerprint density at radius 2 is 1.96 bits per heavy atom. The van der Waals surface area contributed by atoms with Crippen LogP contribution in [0, 0.1) is 21.4 Å². The SMILES string of the molecule is N#Cc1ccc(CC(=O)N(N)OCc2ccccc2)cc1[N+](=O)[O-]. The molecule has 0 heterocycles. The van der Waals surface area contributed by atoms with Gasteiger partial charge in [-0.15, -0.1) is 0 Å². The lowest BCUT2D eigenvalue weighted by molar-refractivity contribution is -0.385. The molecule has 2 aromatic carbocycles. The zero-order valence-corrected chi connectivity index (χ0v) is 12.6. The van der Waals surface area contributed by atoms with Crippen LogP contribution in [0.1, 0.15) is 16.7 Å². The number of nitrogens with zero attached hydrogens (tertiary/aromatic N) is 3. The summed E-state index contributed by atoms with van der Waals surface area (Å²) in [4.78, 5) is 27.4. The van der Waals surface area contributed by atoms with Crippen LogP contribution in [-0.4, -0.2) is 16.0 Å². The summed E-state index contributed by atoms with van der Waals surface area (Å²) in [5, 5.41) is 20.4. The van der Waals surface area contributed by atoms with E-state index in [1.165, 1.54) is 18.2 Å². The molecule has 1 amide bonds. The Balaban J connectivity index is 2.00. The van der Waals surface area contributed by atoms with Gasteiger partial charge in [-0.1, -0.05) is 36.4 Å². The van der Waals surface area contributed by atoms with Crippen LogP contribution in [0.15, 0.2) is 48.5 Å². The van der Waals surface area contributed by atoms with Gasteiger partial charge >= 0.3 is 0 Å². The van der Waals surface area contributed by atoms with Crippen LogP contribution in [0.4, 0.5) is 5.69 Å². The number of nitriles is 1. The number of carbonyl (C=O) groups excluding carboxylic acids is 1. The molecule has 0 fully saturated rings. The van der Waals surface area contributed by atoms with E-state index in [0.29, 0.717) is 10.7 Å². The Kier molecular flexibility index (Phi) is 5.57. The van der Waals surface area contributed by atoms with Gasteiger partial charge in [0.2, 0.25) is 0 Å². The third kappa shape index (κ3) is 4.36. The molecule has 0 atom stereocenters. The predicted molar refractivity (Wildman–Crippen MR) is 83.8 cm³/mol. The number of carbonyl (C=O) groups is 1. The number of benzene rings is 2. The van der Waals surface area contributed by atoms with Crippen molar-refractivity contribution in [2.24, 2.45) is 5.84 Å². The second kappa shape index (κ2) is 7.82. The molecule has 0 bridgehead atoms. The average Bonchev–Trinajstić information content (AvgIpc) is 2.60. The lowest BCUT2D eigenvalue weighted by Crippen LogP contribution is -2.38. The van der Waals surface area contributed by atoms with Gasteiger partial charge in [-0.05, 0) is 17.2 Å². The van der Waals surface area contributed by atoms with Crippen LogP contribution in [-0.2, 0) is 22.7 Å². The first-order valence-electron chi connectivity index (χ1n) is 6.93. The van der Waals surface area contributed by atoms with Crippen LogP contribution in [0.2, 0.25) is 0 Å². The second-order valence-corrected chi connectivity index (χ2v) is 4.88. The van der Waals surface area contributed by atoms with Gasteiger partial charge in [-0.2, -0.15) is 10.4 Å². The number of hydrogen-bond donors (Lipinski definition) is 1. The molecule has 0 saturated heterocycles. The van der Waals surface area contributed by atoms with Gasteiger partial charge in [0.1, 0.15) is 18.2 Å². The van der Waals surface area contributed by atoms with E-state index in [1.54, 1.807) is 6.07 Å². The Labute approximate surface area is 137 Å². The quantitative estimate of drug-likeness (QED) is 0.374. The Morgan fingerprint density at radius 3 is 2.58 bits per heavy atom. The van der Waals surface area contributed by atoms with Gasteiger partial charge in [-0.3, -0.25) is 19.7 Å². The Hall–Kier alpha value is -3.28. The predicted octanol–water partition coefficient (Wildman–Crippen LogP) is 1.84. The zero-order valence-electron chi connectivity index (χ0n) is 12.6. The number of nitro benzene ring substituents is 1. The molecule has 2 rings (SSSR count). The van der Waals surface area contributed by atoms with E-state index in [1.807, 2.05) is 30.3 Å². The molecule has 2 aromatic rings. The van der Waals surface area contributed by atoms with E-state index in [9.17, 15) is 14.9 Å². The van der Waals surface area contributed by atoms with Crippen LogP contribution in [0.5, 0.6) is 0 Å². The first kappa shape index (κ1) is 17.1. The molecule has 2 N–H and O–H groups in total. The number of nitro groups is 1. The molecule has 0 aliphatic rings. The van der Waals surface area contributed by atoms with Crippen molar-refractivity contribution in [2.75, 3.05) is 0 Å². The molecular weight excluding hydrogens is 312 g/mol. The highest BCUT2D eigenvalue weighted by atomic mass is 16.7. The largest absolute Gasteiger partial charge is 0.287 e. The number of hydrazine groups is 1. The minimum absolute atomic E-state index is 0.0684. The third-order valence-electron chi connectivity index (χ3n) is 3.19. The minimum Gasteiger partial charge on any atom is -0.271 e. The minimum atomic E-state index is -0.668. The van der Waals surface area contributed by atoms with E-state index in [2.05, 4.69) is 0 Å². The van der Waals surface area contributed by atoms with Crippen molar-refractivity contribution >= 4 is 11.6 Å². The summed E-state index contributed by atoms with van der Waals surface area (Å²) >= 11 is 0. The highest BCUT2D eigenvalue weighted by Crippen LogP contribution is 2.20. The van der Waals surface area contributed by atoms with Gasteiger partial charge < -0.3 is 0 Å². The first-order chi connectivity index (χ1) is 11.5. The lowest BCUT2D eigenvalue weighted by atomic mass is 10.1. The van der Waals surface area contributed by atoms with Crippen LogP contribution < -0.4 is 5.84 Å². The summed E-state index contributed by atoms with van der Waals surface area (Å²) < 4.78 is 0. The number of hydrogen-bond acceptors (Lipinski definition) is 6. The van der Waals surface area contributed by atoms with Crippen molar-refractivity contribution in [3.05, 3.63) is 75.3 Å². The van der Waals surface area contributed by atoms with E-state index >= 15 is 0 Å². The van der Waals surface area contributed by atoms with E-state index < -0.39 is 10.8 Å². The molecule has 122 valence electrons.